The van der Waals surface area contributed by atoms with Gasteiger partial charge in [-0.1, -0.05) is 18.2 Å². The number of carbonyl (C=O) groups is 3. The topological polar surface area (TPSA) is 129 Å². The molecule has 2 aromatic rings. The third-order valence-corrected chi connectivity index (χ3v) is 3.51. The summed E-state index contributed by atoms with van der Waals surface area (Å²) in [7, 11) is 0. The summed E-state index contributed by atoms with van der Waals surface area (Å²) in [5.41, 5.74) is 12.1. The number of primary amides is 2. The van der Waals surface area contributed by atoms with E-state index < -0.39 is 31.0 Å². The van der Waals surface area contributed by atoms with E-state index in [0.29, 0.717) is 12.8 Å². The molecule has 8 heteroatoms. The van der Waals surface area contributed by atoms with Crippen LogP contribution in [-0.2, 0) is 20.7 Å². The molecule has 8 nitrogen and oxygen atoms in total. The highest BCUT2D eigenvalue weighted by Gasteiger charge is 2.19. The van der Waals surface area contributed by atoms with Gasteiger partial charge in [0.05, 0.1) is 12.1 Å². The minimum atomic E-state index is -0.794. The Balaban J connectivity index is 1.87. The molecule has 0 radical (unpaired) electrons. The van der Waals surface area contributed by atoms with E-state index in [1.54, 1.807) is 6.20 Å². The molecule has 0 atom stereocenters. The van der Waals surface area contributed by atoms with Crippen molar-refractivity contribution in [2.75, 3.05) is 19.7 Å². The second kappa shape index (κ2) is 8.62. The number of nitrogens with zero attached hydrogens (tertiary/aromatic N) is 2. The SMILES string of the molecule is NC(=O)CN(CC(N)=O)C(=O)OCCCc1ccnc2ccccc12. The van der Waals surface area contributed by atoms with Crippen molar-refractivity contribution in [1.82, 2.24) is 9.88 Å². The lowest BCUT2D eigenvalue weighted by Crippen LogP contribution is -2.43. The highest BCUT2D eigenvalue weighted by molar-refractivity contribution is 5.85. The van der Waals surface area contributed by atoms with Crippen molar-refractivity contribution in [2.24, 2.45) is 11.5 Å². The molecule has 132 valence electrons. The first-order valence-electron chi connectivity index (χ1n) is 7.78. The summed E-state index contributed by atoms with van der Waals surface area (Å²) in [6.07, 6.45) is 2.23. The number of rotatable bonds is 8. The van der Waals surface area contributed by atoms with Crippen molar-refractivity contribution >= 4 is 28.8 Å². The number of fused-ring (bicyclic) bond motifs is 1. The summed E-state index contributed by atoms with van der Waals surface area (Å²) in [5, 5.41) is 1.06. The van der Waals surface area contributed by atoms with Crippen LogP contribution in [0.25, 0.3) is 10.9 Å². The van der Waals surface area contributed by atoms with Crippen LogP contribution in [-0.4, -0.2) is 47.5 Å². The van der Waals surface area contributed by atoms with Gasteiger partial charge in [-0.3, -0.25) is 19.5 Å². The molecule has 3 amide bonds. The number of nitrogens with two attached hydrogens (primary N) is 2. The first-order valence-corrected chi connectivity index (χ1v) is 7.78. The number of hydrogen-bond donors (Lipinski definition) is 2. The molecule has 1 aromatic heterocycles. The minimum absolute atomic E-state index is 0.142. The van der Waals surface area contributed by atoms with E-state index in [2.05, 4.69) is 4.98 Å². The van der Waals surface area contributed by atoms with Crippen LogP contribution in [0.15, 0.2) is 36.5 Å². The predicted molar refractivity (Wildman–Crippen MR) is 91.4 cm³/mol. The standard InChI is InChI=1S/C17H20N4O4/c18-15(22)10-21(11-16(19)23)17(24)25-9-3-4-12-7-8-20-14-6-2-1-5-13(12)14/h1-2,5-8H,3-4,9-11H2,(H2,18,22)(H2,19,23). The van der Waals surface area contributed by atoms with Gasteiger partial charge in [-0.2, -0.15) is 0 Å². The Morgan fingerprint density at radius 2 is 1.72 bits per heavy atom. The summed E-state index contributed by atoms with van der Waals surface area (Å²) < 4.78 is 5.10. The molecule has 25 heavy (non-hydrogen) atoms. The van der Waals surface area contributed by atoms with Gasteiger partial charge in [-0.25, -0.2) is 4.79 Å². The average Bonchev–Trinajstić information content (AvgIpc) is 2.57. The minimum Gasteiger partial charge on any atom is -0.449 e. The van der Waals surface area contributed by atoms with Crippen LogP contribution in [0.4, 0.5) is 4.79 Å². The number of pyridine rings is 1. The maximum Gasteiger partial charge on any atom is 0.410 e. The van der Waals surface area contributed by atoms with E-state index in [4.69, 9.17) is 16.2 Å². The molecule has 0 aliphatic heterocycles. The summed E-state index contributed by atoms with van der Waals surface area (Å²) >= 11 is 0. The molecule has 0 unspecified atom stereocenters. The second-order valence-corrected chi connectivity index (χ2v) is 5.49. The number of ether oxygens (including phenoxy) is 1. The number of carbonyl (C=O) groups excluding carboxylic acids is 3. The van der Waals surface area contributed by atoms with Crippen LogP contribution < -0.4 is 11.5 Å². The smallest absolute Gasteiger partial charge is 0.410 e. The van der Waals surface area contributed by atoms with Crippen molar-refractivity contribution in [3.05, 3.63) is 42.1 Å². The van der Waals surface area contributed by atoms with Gasteiger partial charge in [-0.15, -0.1) is 0 Å². The fourth-order valence-electron chi connectivity index (χ4n) is 2.45. The molecule has 1 aromatic carbocycles. The van der Waals surface area contributed by atoms with Gasteiger partial charge in [0, 0.05) is 11.6 Å². The van der Waals surface area contributed by atoms with E-state index in [9.17, 15) is 14.4 Å². The number of aromatic nitrogens is 1. The first kappa shape index (κ1) is 18.2. The first-order chi connectivity index (χ1) is 12.0. The number of hydrogen-bond acceptors (Lipinski definition) is 5. The van der Waals surface area contributed by atoms with Crippen LogP contribution in [0, 0.1) is 0 Å². The fourth-order valence-corrected chi connectivity index (χ4v) is 2.45. The van der Waals surface area contributed by atoms with Gasteiger partial charge < -0.3 is 16.2 Å². The highest BCUT2D eigenvalue weighted by atomic mass is 16.6. The zero-order valence-corrected chi connectivity index (χ0v) is 13.7. The van der Waals surface area contributed by atoms with Crippen molar-refractivity contribution in [3.63, 3.8) is 0 Å². The normalized spacial score (nSPS) is 10.4. The van der Waals surface area contributed by atoms with Crippen molar-refractivity contribution in [1.29, 1.82) is 0 Å². The molecule has 2 rings (SSSR count). The molecule has 0 aliphatic rings. The van der Waals surface area contributed by atoms with Gasteiger partial charge in [0.25, 0.3) is 0 Å². The molecule has 0 saturated carbocycles. The molecule has 1 heterocycles. The lowest BCUT2D eigenvalue weighted by Gasteiger charge is -2.18. The van der Waals surface area contributed by atoms with E-state index in [1.807, 2.05) is 30.3 Å². The number of aryl methyl sites for hydroxylation is 1. The molecular formula is C17H20N4O4. The Morgan fingerprint density at radius 3 is 2.40 bits per heavy atom. The molecule has 0 fully saturated rings. The lowest BCUT2D eigenvalue weighted by atomic mass is 10.1. The maximum absolute atomic E-state index is 11.9. The largest absolute Gasteiger partial charge is 0.449 e. The third-order valence-electron chi connectivity index (χ3n) is 3.51. The Labute approximate surface area is 144 Å². The van der Waals surface area contributed by atoms with Gasteiger partial charge >= 0.3 is 6.09 Å². The number of amides is 3. The van der Waals surface area contributed by atoms with Gasteiger partial charge in [0.15, 0.2) is 0 Å². The van der Waals surface area contributed by atoms with Gasteiger partial charge in [0.2, 0.25) is 11.8 Å². The Bertz CT molecular complexity index is 757. The zero-order chi connectivity index (χ0) is 18.2. The van der Waals surface area contributed by atoms with Crippen LogP contribution in [0.3, 0.4) is 0 Å². The quantitative estimate of drug-likeness (QED) is 0.677. The van der Waals surface area contributed by atoms with Gasteiger partial charge in [0.1, 0.15) is 13.1 Å². The van der Waals surface area contributed by atoms with Crippen LogP contribution in [0.5, 0.6) is 0 Å². The monoisotopic (exact) mass is 344 g/mol. The molecule has 0 saturated heterocycles. The third kappa shape index (κ3) is 5.45. The Kier molecular flexibility index (Phi) is 6.27. The summed E-state index contributed by atoms with van der Waals surface area (Å²) in [5.74, 6) is -1.50. The zero-order valence-electron chi connectivity index (χ0n) is 13.7. The summed E-state index contributed by atoms with van der Waals surface area (Å²) in [4.78, 5) is 39.0. The number of para-hydroxylation sites is 1. The lowest BCUT2D eigenvalue weighted by molar-refractivity contribution is -0.121. The van der Waals surface area contributed by atoms with Crippen LogP contribution in [0.2, 0.25) is 0 Å². The molecular weight excluding hydrogens is 324 g/mol. The van der Waals surface area contributed by atoms with E-state index >= 15 is 0 Å². The molecule has 0 aliphatic carbocycles. The van der Waals surface area contributed by atoms with Crippen LogP contribution in [0.1, 0.15) is 12.0 Å². The summed E-state index contributed by atoms with van der Waals surface area (Å²) in [6.45, 7) is -0.697. The Hall–Kier alpha value is -3.16. The molecule has 0 spiro atoms. The highest BCUT2D eigenvalue weighted by Crippen LogP contribution is 2.17. The van der Waals surface area contributed by atoms with Crippen molar-refractivity contribution < 1.29 is 19.1 Å². The average molecular weight is 344 g/mol. The van der Waals surface area contributed by atoms with E-state index in [0.717, 1.165) is 21.4 Å². The van der Waals surface area contributed by atoms with Crippen molar-refractivity contribution in [2.45, 2.75) is 12.8 Å². The van der Waals surface area contributed by atoms with Gasteiger partial charge in [-0.05, 0) is 30.5 Å². The summed E-state index contributed by atoms with van der Waals surface area (Å²) in [6, 6.07) is 9.72. The van der Waals surface area contributed by atoms with Crippen molar-refractivity contribution in [3.8, 4) is 0 Å². The predicted octanol–water partition coefficient (Wildman–Crippen LogP) is 0.577. The maximum atomic E-state index is 11.9. The molecule has 0 bridgehead atoms. The molecule has 4 N–H and O–H groups in total. The Morgan fingerprint density at radius 1 is 1.04 bits per heavy atom. The van der Waals surface area contributed by atoms with E-state index in [1.165, 1.54) is 0 Å². The van der Waals surface area contributed by atoms with E-state index in [-0.39, 0.29) is 6.61 Å². The second-order valence-electron chi connectivity index (χ2n) is 5.49. The van der Waals surface area contributed by atoms with Crippen LogP contribution >= 0.6 is 0 Å². The number of benzene rings is 1. The fraction of sp³-hybridized carbons (Fsp3) is 0.294.